The van der Waals surface area contributed by atoms with Gasteiger partial charge in [-0.1, -0.05) is 65.3 Å². The number of benzene rings is 2. The van der Waals surface area contributed by atoms with Crippen LogP contribution in [-0.2, 0) is 14.3 Å². The van der Waals surface area contributed by atoms with Crippen molar-refractivity contribution in [3.8, 4) is 28.1 Å². The van der Waals surface area contributed by atoms with Gasteiger partial charge in [0.1, 0.15) is 29.8 Å². The van der Waals surface area contributed by atoms with Gasteiger partial charge in [0.15, 0.2) is 0 Å². The van der Waals surface area contributed by atoms with Crippen LogP contribution < -0.4 is 20.3 Å². The zero-order valence-electron chi connectivity index (χ0n) is 35.8. The number of halogens is 4. The number of anilines is 2. The van der Waals surface area contributed by atoms with E-state index < -0.39 is 35.6 Å². The van der Waals surface area contributed by atoms with Gasteiger partial charge in [-0.15, -0.1) is 13.2 Å². The molecule has 3 N–H and O–H groups in total. The van der Waals surface area contributed by atoms with E-state index in [1.807, 2.05) is 11.8 Å². The van der Waals surface area contributed by atoms with Gasteiger partial charge < -0.3 is 39.8 Å². The van der Waals surface area contributed by atoms with Crippen LogP contribution >= 0.6 is 0 Å². The van der Waals surface area contributed by atoms with Gasteiger partial charge in [0.05, 0.1) is 36.3 Å². The average Bonchev–Trinajstić information content (AvgIpc) is 3.56. The van der Waals surface area contributed by atoms with Crippen LogP contribution in [0.1, 0.15) is 82.5 Å². The quantitative estimate of drug-likeness (QED) is 0.105. The van der Waals surface area contributed by atoms with Gasteiger partial charge in [0.2, 0.25) is 12.3 Å². The standard InChI is InChI=1S/C36H36F4N8O6.C5H10.C3H8/c1-21-13-29(48(19-21)32(50)18-43-35(52)53-2)33-42-17-28(44-33)23-5-3-22(4-6-23)25-14-26(37)27(15-30(25)54-36(38,39)40)45-34(51)24-7-8-31(41-16-24)47-11-9-46(20-49)10-12-47;1-5(2)3-4-5;1-3-2/h3-8,14-17,20-21,29H,9-13,18-19H2,1-2H3,(H,42,44)(H,43,52)(H,45,51);3-4H2,1-2H3;3H2,1-2H3. The third-order valence-corrected chi connectivity index (χ3v) is 10.4. The first-order valence-electron chi connectivity index (χ1n) is 20.5. The van der Waals surface area contributed by atoms with Crippen molar-refractivity contribution in [1.82, 2.24) is 30.1 Å². The van der Waals surface area contributed by atoms with E-state index in [0.29, 0.717) is 62.0 Å². The Morgan fingerprint density at radius 2 is 1.61 bits per heavy atom. The Morgan fingerprint density at radius 3 is 2.18 bits per heavy atom. The topological polar surface area (TPSA) is 162 Å². The molecule has 62 heavy (non-hydrogen) atoms. The Morgan fingerprint density at radius 1 is 0.968 bits per heavy atom. The number of pyridine rings is 1. The van der Waals surface area contributed by atoms with E-state index >= 15 is 4.39 Å². The molecule has 3 aliphatic rings. The van der Waals surface area contributed by atoms with Crippen molar-refractivity contribution >= 4 is 35.8 Å². The Labute approximate surface area is 358 Å². The molecule has 7 rings (SSSR count). The van der Waals surface area contributed by atoms with Gasteiger partial charge in [-0.25, -0.2) is 19.2 Å². The highest BCUT2D eigenvalue weighted by Gasteiger charge is 2.36. The molecule has 2 saturated heterocycles. The van der Waals surface area contributed by atoms with Crippen LogP contribution in [0.2, 0.25) is 0 Å². The summed E-state index contributed by atoms with van der Waals surface area (Å²) in [7, 11) is 1.20. The maximum absolute atomic E-state index is 15.4. The maximum atomic E-state index is 15.4. The number of piperazine rings is 1. The minimum atomic E-state index is -5.13. The van der Waals surface area contributed by atoms with Crippen molar-refractivity contribution in [3.05, 3.63) is 78.1 Å². The van der Waals surface area contributed by atoms with Gasteiger partial charge in [0.25, 0.3) is 5.91 Å². The normalized spacial score (nSPS) is 17.7. The van der Waals surface area contributed by atoms with Crippen molar-refractivity contribution < 1.29 is 46.2 Å². The van der Waals surface area contributed by atoms with E-state index in [-0.39, 0.29) is 41.1 Å². The van der Waals surface area contributed by atoms with E-state index in [4.69, 9.17) is 0 Å². The van der Waals surface area contributed by atoms with Crippen LogP contribution in [0.5, 0.6) is 5.75 Å². The number of aromatic amines is 1. The van der Waals surface area contributed by atoms with Gasteiger partial charge in [0, 0.05) is 50.6 Å². The summed E-state index contributed by atoms with van der Waals surface area (Å²) in [6.45, 7) is 13.2. The lowest BCUT2D eigenvalue weighted by molar-refractivity contribution is -0.274. The summed E-state index contributed by atoms with van der Waals surface area (Å²) < 4.78 is 64.9. The van der Waals surface area contributed by atoms with Gasteiger partial charge >= 0.3 is 12.5 Å². The molecule has 4 aromatic rings. The summed E-state index contributed by atoms with van der Waals surface area (Å²) in [6.07, 6.45) is 2.55. The van der Waals surface area contributed by atoms with E-state index in [0.717, 1.165) is 24.0 Å². The number of aromatic nitrogens is 3. The number of hydrogen-bond donors (Lipinski definition) is 3. The number of amides is 4. The van der Waals surface area contributed by atoms with Gasteiger partial charge in [-0.05, 0) is 59.9 Å². The lowest BCUT2D eigenvalue weighted by atomic mass is 10.0. The number of hydrogen-bond acceptors (Lipinski definition) is 9. The summed E-state index contributed by atoms with van der Waals surface area (Å²) in [5.41, 5.74) is 1.42. The number of H-pyrrole nitrogens is 1. The van der Waals surface area contributed by atoms with Gasteiger partial charge in [-0.3, -0.25) is 14.4 Å². The largest absolute Gasteiger partial charge is 0.573 e. The van der Waals surface area contributed by atoms with E-state index in [1.165, 1.54) is 50.8 Å². The number of carbonyl (C=O) groups excluding carboxylic acids is 4. The first-order chi connectivity index (χ1) is 29.4. The fraction of sp³-hybridized carbons (Fsp3) is 0.455. The zero-order chi connectivity index (χ0) is 45.2. The smallest absolute Gasteiger partial charge is 0.453 e. The Kier molecular flexibility index (Phi) is 15.6. The molecule has 2 unspecified atom stereocenters. The van der Waals surface area contributed by atoms with Crippen molar-refractivity contribution in [2.75, 3.05) is 56.6 Å². The van der Waals surface area contributed by atoms with Crippen molar-refractivity contribution in [2.45, 2.75) is 72.7 Å². The number of nitrogens with zero attached hydrogens (tertiary/aromatic N) is 5. The molecule has 2 aromatic carbocycles. The number of nitrogens with one attached hydrogen (secondary N) is 3. The number of carbonyl (C=O) groups is 4. The summed E-state index contributed by atoms with van der Waals surface area (Å²) in [5, 5.41) is 4.70. The SMILES string of the molecule is CC1(C)CC1.CCC.COC(=O)NCC(=O)N1CC(C)CC1c1ncc(-c2ccc(-c3cc(F)c(NC(=O)c4ccc(N5CCN(C=O)CC5)nc4)cc3OC(F)(F)F)cc2)[nH]1. The highest BCUT2D eigenvalue weighted by atomic mass is 19.4. The number of imidazole rings is 1. The van der Waals surface area contributed by atoms with Crippen LogP contribution in [0.4, 0.5) is 33.9 Å². The van der Waals surface area contributed by atoms with E-state index in [9.17, 15) is 32.3 Å². The lowest BCUT2D eigenvalue weighted by Crippen LogP contribution is -2.46. The maximum Gasteiger partial charge on any atom is 0.573 e. The number of methoxy groups -OCH3 is 1. The molecular weight excluding hydrogens is 813 g/mol. The minimum Gasteiger partial charge on any atom is -0.453 e. The third kappa shape index (κ3) is 12.9. The van der Waals surface area contributed by atoms with Crippen molar-refractivity contribution in [1.29, 1.82) is 0 Å². The van der Waals surface area contributed by atoms with E-state index in [2.05, 4.69) is 62.8 Å². The van der Waals surface area contributed by atoms with Crippen LogP contribution in [0, 0.1) is 17.2 Å². The third-order valence-electron chi connectivity index (χ3n) is 10.4. The summed E-state index contributed by atoms with van der Waals surface area (Å²) >= 11 is 0. The monoisotopic (exact) mass is 866 g/mol. The molecule has 334 valence electrons. The Hall–Kier alpha value is -6.20. The number of ether oxygens (including phenoxy) is 2. The number of rotatable bonds is 10. The molecule has 4 amide bonds. The first kappa shape index (κ1) is 46.9. The van der Waals surface area contributed by atoms with Crippen molar-refractivity contribution in [2.24, 2.45) is 11.3 Å². The van der Waals surface area contributed by atoms with Crippen LogP contribution in [0.15, 0.2) is 60.9 Å². The Bertz CT molecular complexity index is 2150. The minimum absolute atomic E-state index is 0.0434. The molecule has 2 aliphatic heterocycles. The second kappa shape index (κ2) is 20.6. The molecular formula is C44H54F4N8O6. The molecule has 4 heterocycles. The van der Waals surface area contributed by atoms with Crippen molar-refractivity contribution in [3.63, 3.8) is 0 Å². The second-order valence-corrected chi connectivity index (χ2v) is 16.2. The number of alkyl carbamates (subject to hydrolysis) is 1. The van der Waals surface area contributed by atoms with E-state index in [1.54, 1.807) is 34.2 Å². The average molecular weight is 867 g/mol. The summed E-state index contributed by atoms with van der Waals surface area (Å²) in [6, 6.07) is 10.5. The van der Waals surface area contributed by atoms with Crippen LogP contribution in [0.25, 0.3) is 22.4 Å². The van der Waals surface area contributed by atoms with Crippen LogP contribution in [-0.4, -0.2) is 102 Å². The number of likely N-dealkylation sites (tertiary alicyclic amines) is 1. The molecule has 2 atom stereocenters. The molecule has 0 bridgehead atoms. The molecule has 18 heteroatoms. The summed E-state index contributed by atoms with van der Waals surface area (Å²) in [4.78, 5) is 65.5. The lowest BCUT2D eigenvalue weighted by Gasteiger charge is -2.33. The molecule has 3 fully saturated rings. The predicted octanol–water partition coefficient (Wildman–Crippen LogP) is 8.20. The first-order valence-corrected chi connectivity index (χ1v) is 20.5. The molecule has 0 spiro atoms. The highest BCUT2D eigenvalue weighted by molar-refractivity contribution is 6.04. The summed E-state index contributed by atoms with van der Waals surface area (Å²) in [5.74, 6) is -1.58. The molecule has 1 aliphatic carbocycles. The molecule has 1 saturated carbocycles. The number of alkyl halides is 3. The Balaban J connectivity index is 0.000000825. The second-order valence-electron chi connectivity index (χ2n) is 16.2. The molecule has 0 radical (unpaired) electrons. The fourth-order valence-electron chi connectivity index (χ4n) is 6.68. The fourth-order valence-corrected chi connectivity index (χ4v) is 6.68. The van der Waals surface area contributed by atoms with Gasteiger partial charge in [-0.2, -0.15) is 0 Å². The highest BCUT2D eigenvalue weighted by Crippen LogP contribution is 2.43. The van der Waals surface area contributed by atoms with Crippen LogP contribution in [0.3, 0.4) is 0 Å². The molecule has 14 nitrogen and oxygen atoms in total. The zero-order valence-corrected chi connectivity index (χ0v) is 35.8. The predicted molar refractivity (Wildman–Crippen MR) is 226 cm³/mol. The molecule has 2 aromatic heterocycles.